The van der Waals surface area contributed by atoms with Crippen molar-refractivity contribution >= 4 is 40.9 Å². The molecule has 1 fully saturated rings. The SMILES string of the molecule is CCN1CC(Cc2ccc(Oc3ccc(/C=C4\C(=O)Nc5ccccc54)cc3)c(Cl)c2)OC1=O. The van der Waals surface area contributed by atoms with Gasteiger partial charge in [-0.15, -0.1) is 0 Å². The van der Waals surface area contributed by atoms with E-state index in [0.29, 0.717) is 41.6 Å². The highest BCUT2D eigenvalue weighted by molar-refractivity contribution is 6.35. The van der Waals surface area contributed by atoms with Crippen LogP contribution < -0.4 is 10.1 Å². The summed E-state index contributed by atoms with van der Waals surface area (Å²) in [7, 11) is 0. The van der Waals surface area contributed by atoms with Crippen LogP contribution in [0.3, 0.4) is 0 Å². The van der Waals surface area contributed by atoms with Crippen LogP contribution in [0.4, 0.5) is 10.5 Å². The lowest BCUT2D eigenvalue weighted by Crippen LogP contribution is -2.24. The van der Waals surface area contributed by atoms with E-state index in [9.17, 15) is 9.59 Å². The number of halogens is 1. The fourth-order valence-electron chi connectivity index (χ4n) is 4.16. The normalized spacial score (nSPS) is 18.1. The van der Waals surface area contributed by atoms with Crippen LogP contribution in [0.25, 0.3) is 11.6 Å². The molecule has 2 aliphatic rings. The lowest BCUT2D eigenvalue weighted by molar-refractivity contribution is -0.110. The number of nitrogens with one attached hydrogen (secondary N) is 1. The number of hydrogen-bond donors (Lipinski definition) is 1. The first-order valence-corrected chi connectivity index (χ1v) is 11.5. The number of ether oxygens (including phenoxy) is 2. The van der Waals surface area contributed by atoms with Crippen molar-refractivity contribution in [3.05, 3.63) is 88.4 Å². The van der Waals surface area contributed by atoms with Crippen LogP contribution in [-0.4, -0.2) is 36.1 Å². The summed E-state index contributed by atoms with van der Waals surface area (Å²) in [5.41, 5.74) is 4.23. The maximum Gasteiger partial charge on any atom is 0.410 e. The average molecular weight is 475 g/mol. The third-order valence-electron chi connectivity index (χ3n) is 5.92. The van der Waals surface area contributed by atoms with E-state index in [-0.39, 0.29) is 18.1 Å². The van der Waals surface area contributed by atoms with Crippen LogP contribution in [-0.2, 0) is 16.0 Å². The van der Waals surface area contributed by atoms with E-state index in [2.05, 4.69) is 5.32 Å². The molecule has 2 amide bonds. The number of benzene rings is 3. The van der Waals surface area contributed by atoms with Gasteiger partial charge in [-0.1, -0.05) is 48.0 Å². The standard InChI is InChI=1S/C27H23ClN2O4/c1-2-30-16-20(34-27(30)32)13-18-9-12-25(23(28)15-18)33-19-10-7-17(8-11-19)14-22-21-5-3-4-6-24(21)29-26(22)31/h3-12,14-15,20H,2,13,16H2,1H3,(H,29,31)/b22-14-. The van der Waals surface area contributed by atoms with Gasteiger partial charge in [0.2, 0.25) is 0 Å². The zero-order valence-corrected chi connectivity index (χ0v) is 19.3. The van der Waals surface area contributed by atoms with Gasteiger partial charge in [-0.05, 0) is 54.5 Å². The van der Waals surface area contributed by atoms with E-state index in [4.69, 9.17) is 21.1 Å². The van der Waals surface area contributed by atoms with Crippen molar-refractivity contribution in [2.75, 3.05) is 18.4 Å². The number of carbonyl (C=O) groups is 2. The van der Waals surface area contributed by atoms with Crippen LogP contribution in [0.5, 0.6) is 11.5 Å². The van der Waals surface area contributed by atoms with Crippen molar-refractivity contribution < 1.29 is 19.1 Å². The summed E-state index contributed by atoms with van der Waals surface area (Å²) in [5.74, 6) is 1.07. The summed E-state index contributed by atoms with van der Waals surface area (Å²) in [6, 6.07) is 20.7. The fourth-order valence-corrected chi connectivity index (χ4v) is 4.41. The second kappa shape index (κ2) is 9.23. The summed E-state index contributed by atoms with van der Waals surface area (Å²) in [6.07, 6.45) is 2.02. The number of nitrogens with zero attached hydrogens (tertiary/aromatic N) is 1. The molecule has 0 aromatic heterocycles. The predicted octanol–water partition coefficient (Wildman–Crippen LogP) is 6.01. The van der Waals surface area contributed by atoms with Gasteiger partial charge in [0.25, 0.3) is 5.91 Å². The van der Waals surface area contributed by atoms with Gasteiger partial charge < -0.3 is 19.7 Å². The summed E-state index contributed by atoms with van der Waals surface area (Å²) in [5, 5.41) is 3.36. The molecular formula is C27H23ClN2O4. The van der Waals surface area contributed by atoms with Gasteiger partial charge in [0.05, 0.1) is 11.6 Å². The molecule has 3 aromatic carbocycles. The molecule has 0 saturated carbocycles. The van der Waals surface area contributed by atoms with Crippen LogP contribution in [0.1, 0.15) is 23.6 Å². The van der Waals surface area contributed by atoms with Crippen LogP contribution in [0.2, 0.25) is 5.02 Å². The molecule has 2 aliphatic heterocycles. The smallest absolute Gasteiger partial charge is 0.410 e. The molecule has 0 bridgehead atoms. The van der Waals surface area contributed by atoms with Crippen molar-refractivity contribution in [3.8, 4) is 11.5 Å². The Morgan fingerprint density at radius 2 is 1.91 bits per heavy atom. The second-order valence-electron chi connectivity index (χ2n) is 8.24. The van der Waals surface area contributed by atoms with Crippen molar-refractivity contribution in [2.45, 2.75) is 19.4 Å². The summed E-state index contributed by atoms with van der Waals surface area (Å²) >= 11 is 6.46. The summed E-state index contributed by atoms with van der Waals surface area (Å²) < 4.78 is 11.4. The molecule has 1 N–H and O–H groups in total. The Morgan fingerprint density at radius 1 is 1.12 bits per heavy atom. The Kier molecular flexibility index (Phi) is 5.99. The molecule has 3 aromatic rings. The quantitative estimate of drug-likeness (QED) is 0.444. The molecule has 1 saturated heterocycles. The largest absolute Gasteiger partial charge is 0.456 e. The van der Waals surface area contributed by atoms with Gasteiger partial charge in [-0.2, -0.15) is 0 Å². The van der Waals surface area contributed by atoms with Crippen LogP contribution in [0, 0.1) is 0 Å². The Bertz CT molecular complexity index is 1290. The minimum atomic E-state index is -0.268. The van der Waals surface area contributed by atoms with Crippen molar-refractivity contribution in [1.29, 1.82) is 0 Å². The first kappa shape index (κ1) is 22.0. The molecule has 172 valence electrons. The molecule has 1 unspecified atom stereocenters. The minimum absolute atomic E-state index is 0.108. The number of likely N-dealkylation sites (N-methyl/N-ethyl adjacent to an activating group) is 1. The molecule has 6 nitrogen and oxygen atoms in total. The highest BCUT2D eigenvalue weighted by atomic mass is 35.5. The summed E-state index contributed by atoms with van der Waals surface area (Å²) in [4.78, 5) is 25.8. The number of fused-ring (bicyclic) bond motifs is 1. The van der Waals surface area contributed by atoms with E-state index in [0.717, 1.165) is 22.4 Å². The molecule has 1 atom stereocenters. The zero-order valence-electron chi connectivity index (χ0n) is 18.6. The molecule has 5 rings (SSSR count). The maximum atomic E-state index is 12.3. The van der Waals surface area contributed by atoms with E-state index < -0.39 is 0 Å². The lowest BCUT2D eigenvalue weighted by atomic mass is 10.0. The van der Waals surface area contributed by atoms with Crippen molar-refractivity contribution in [3.63, 3.8) is 0 Å². The molecule has 34 heavy (non-hydrogen) atoms. The zero-order chi connectivity index (χ0) is 23.7. The average Bonchev–Trinajstić information content (AvgIpc) is 3.35. The van der Waals surface area contributed by atoms with Gasteiger partial charge in [0.15, 0.2) is 0 Å². The molecule has 0 spiro atoms. The van der Waals surface area contributed by atoms with Gasteiger partial charge >= 0.3 is 6.09 Å². The maximum absolute atomic E-state index is 12.3. The van der Waals surface area contributed by atoms with E-state index in [1.165, 1.54) is 0 Å². The molecule has 2 heterocycles. The molecule has 0 aliphatic carbocycles. The monoisotopic (exact) mass is 474 g/mol. The number of hydrogen-bond acceptors (Lipinski definition) is 4. The van der Waals surface area contributed by atoms with E-state index in [1.54, 1.807) is 4.90 Å². The summed E-state index contributed by atoms with van der Waals surface area (Å²) in [6.45, 7) is 3.15. The minimum Gasteiger partial charge on any atom is -0.456 e. The highest BCUT2D eigenvalue weighted by Gasteiger charge is 2.30. The third-order valence-corrected chi connectivity index (χ3v) is 6.22. The number of amides is 2. The van der Waals surface area contributed by atoms with Crippen LogP contribution in [0.15, 0.2) is 66.7 Å². The topological polar surface area (TPSA) is 67.9 Å². The van der Waals surface area contributed by atoms with Crippen LogP contribution >= 0.6 is 11.6 Å². The number of carbonyl (C=O) groups excluding carboxylic acids is 2. The number of para-hydroxylation sites is 1. The van der Waals surface area contributed by atoms with E-state index >= 15 is 0 Å². The highest BCUT2D eigenvalue weighted by Crippen LogP contribution is 2.34. The Balaban J connectivity index is 1.26. The second-order valence-corrected chi connectivity index (χ2v) is 8.65. The number of cyclic esters (lactones) is 1. The fraction of sp³-hybridized carbons (Fsp3) is 0.185. The van der Waals surface area contributed by atoms with Gasteiger partial charge in [-0.3, -0.25) is 4.79 Å². The molecule has 0 radical (unpaired) electrons. The first-order chi connectivity index (χ1) is 16.5. The molecule has 7 heteroatoms. The van der Waals surface area contributed by atoms with E-state index in [1.807, 2.05) is 79.7 Å². The number of rotatable bonds is 6. The van der Waals surface area contributed by atoms with Crippen molar-refractivity contribution in [1.82, 2.24) is 4.90 Å². The lowest BCUT2D eigenvalue weighted by Gasteiger charge is -2.12. The Morgan fingerprint density at radius 3 is 2.65 bits per heavy atom. The van der Waals surface area contributed by atoms with Gasteiger partial charge in [0, 0.05) is 29.8 Å². The number of anilines is 1. The predicted molar refractivity (Wildman–Crippen MR) is 132 cm³/mol. The van der Waals surface area contributed by atoms with Gasteiger partial charge in [0.1, 0.15) is 17.6 Å². The van der Waals surface area contributed by atoms with Crippen molar-refractivity contribution in [2.24, 2.45) is 0 Å². The van der Waals surface area contributed by atoms with Gasteiger partial charge in [-0.25, -0.2) is 4.79 Å². The first-order valence-electron chi connectivity index (χ1n) is 11.1. The Hall–Kier alpha value is -3.77. The Labute approximate surface area is 202 Å². The molecular weight excluding hydrogens is 452 g/mol. The third kappa shape index (κ3) is 4.50.